The molecular formula is C22H39F2I3-2. The zero-order valence-electron chi connectivity index (χ0n) is 18.0. The minimum absolute atomic E-state index is 0. The molecule has 0 saturated carbocycles. The van der Waals surface area contributed by atoms with E-state index in [-0.39, 0.29) is 4.70 Å². The summed E-state index contributed by atoms with van der Waals surface area (Å²) in [7, 11) is 0. The van der Waals surface area contributed by atoms with Gasteiger partial charge in [0.15, 0.2) is 0 Å². The molecule has 0 aliphatic rings. The topological polar surface area (TPSA) is 0 Å². The number of hydrogen-bond donors (Lipinski definition) is 0. The van der Waals surface area contributed by atoms with Crippen molar-refractivity contribution in [3.05, 3.63) is 36.7 Å². The fraction of sp³-hybridized carbons (Fsp3) is 0.545. The average molecular weight is 720 g/mol. The molecule has 0 fully saturated rings. The van der Waals surface area contributed by atoms with E-state index in [0.29, 0.717) is 19.6 Å². The molecule has 0 nitrogen and oxygen atoms in total. The zero-order chi connectivity index (χ0) is 21.9. The van der Waals surface area contributed by atoms with Crippen LogP contribution in [0.1, 0.15) is 80.6 Å². The van der Waals surface area contributed by atoms with E-state index >= 15 is 0 Å². The van der Waals surface area contributed by atoms with Crippen LogP contribution in [0.4, 0.5) is 4.39 Å². The largest absolute Gasteiger partial charge is 1.00 e. The van der Waals surface area contributed by atoms with Gasteiger partial charge >= 0.3 is 50.5 Å². The molecule has 27 heavy (non-hydrogen) atoms. The van der Waals surface area contributed by atoms with Gasteiger partial charge in [0.25, 0.3) is 0 Å². The third-order valence-electron chi connectivity index (χ3n) is 1.68. The molecule has 0 heterocycles. The molecule has 0 saturated heterocycles. The summed E-state index contributed by atoms with van der Waals surface area (Å²) in [6, 6.07) is 0. The van der Waals surface area contributed by atoms with E-state index in [9.17, 15) is 4.39 Å². The van der Waals surface area contributed by atoms with Gasteiger partial charge in [-0.05, 0) is 33.1 Å². The molecule has 0 rings (SSSR count). The maximum Gasteiger partial charge on any atom is -1.00 e. The first kappa shape index (κ1) is 45.9. The van der Waals surface area contributed by atoms with Gasteiger partial charge in [-0.3, -0.25) is 0 Å². The molecule has 0 aliphatic heterocycles. The van der Waals surface area contributed by atoms with Gasteiger partial charge in [-0.1, -0.05) is 65.0 Å². The first-order valence-corrected chi connectivity index (χ1v) is 21.3. The van der Waals surface area contributed by atoms with Gasteiger partial charge in [-0.25, -0.2) is 4.39 Å². The third kappa shape index (κ3) is 223. The molecule has 0 aromatic carbocycles. The van der Waals surface area contributed by atoms with Gasteiger partial charge in [0.05, 0.1) is 6.33 Å². The van der Waals surface area contributed by atoms with Crippen molar-refractivity contribution < 1.29 is 22.3 Å². The van der Waals surface area contributed by atoms with Crippen LogP contribution >= 0.6 is 37.2 Å². The molecule has 0 bridgehead atoms. The predicted molar refractivity (Wildman–Crippen MR) is 137 cm³/mol. The summed E-state index contributed by atoms with van der Waals surface area (Å²) in [4.78, 5) is 0. The monoisotopic (exact) mass is 720 g/mol. The Bertz CT molecular complexity index is 283. The van der Waals surface area contributed by atoms with Crippen LogP contribution in [0, 0.1) is 24.7 Å². The number of hydrogen-bond acceptors (Lipinski definition) is 0. The Morgan fingerprint density at radius 1 is 0.778 bits per heavy atom. The molecular weight excluding hydrogens is 681 g/mol. The molecule has 0 N–H and O–H groups in total. The Labute approximate surface area is 199 Å². The molecule has 164 valence electrons. The molecule has 0 unspecified atom stereocenters. The van der Waals surface area contributed by atoms with Gasteiger partial charge in [0.2, 0.25) is 0 Å². The van der Waals surface area contributed by atoms with Crippen molar-refractivity contribution in [2.45, 2.75) is 80.6 Å². The van der Waals surface area contributed by atoms with Crippen molar-refractivity contribution >= 4 is 37.2 Å². The normalized spacial score (nSPS) is 7.85. The Hall–Kier alpha value is 0.390. The predicted octanol–water partition coefficient (Wildman–Crippen LogP) is 3.66. The molecule has 5 heteroatoms. The van der Waals surface area contributed by atoms with E-state index in [2.05, 4.69) is 87.2 Å². The van der Waals surface area contributed by atoms with Crippen LogP contribution in [0.15, 0.2) is 36.7 Å². The van der Waals surface area contributed by atoms with Crippen molar-refractivity contribution in [2.75, 3.05) is 0 Å². The maximum atomic E-state index is 10.8. The molecule has 0 amide bonds. The summed E-state index contributed by atoms with van der Waals surface area (Å²) in [5.74, 6) is 4.86. The quantitative estimate of drug-likeness (QED) is 0.238. The first-order chi connectivity index (χ1) is 12.5. The molecule has 0 aromatic rings. The van der Waals surface area contributed by atoms with Crippen molar-refractivity contribution in [3.63, 3.8) is 0 Å². The molecule has 0 atom stereocenters. The second-order valence-corrected chi connectivity index (χ2v) is 20.1. The summed E-state index contributed by atoms with van der Waals surface area (Å²) >= 11 is 5.30. The van der Waals surface area contributed by atoms with Crippen molar-refractivity contribution in [2.24, 2.45) is 0 Å². The van der Waals surface area contributed by atoms with E-state index in [1.165, 1.54) is 6.08 Å². The molecule has 0 spiro atoms. The summed E-state index contributed by atoms with van der Waals surface area (Å²) in [5.41, 5.74) is 0. The first-order valence-electron chi connectivity index (χ1n) is 8.70. The molecule has 0 radical (unpaired) electrons. The van der Waals surface area contributed by atoms with Crippen LogP contribution in [0.5, 0.6) is 0 Å². The van der Waals surface area contributed by atoms with Gasteiger partial charge < -0.3 is 4.70 Å². The van der Waals surface area contributed by atoms with Gasteiger partial charge in [-0.2, -0.15) is 0 Å². The molecule has 0 aromatic heterocycles. The fourth-order valence-corrected chi connectivity index (χ4v) is 0.560. The smallest absolute Gasteiger partial charge is 1.00 e. The summed E-state index contributed by atoms with van der Waals surface area (Å²) < 4.78 is 10.8. The summed E-state index contributed by atoms with van der Waals surface area (Å²) in [6.45, 7) is 14.1. The standard InChI is InChI=1S/2C5H10.C4H7F.2C4H6.FH.I3/c2*1-3-5-4-2;1-2-3-4-5;2*1-3-4-2;;1-3-2/h2*3,5H,4H2,1-2H3;3-4H,2H2,1H3;2*1H,4H2,2H3;1H;/q;;;;;;-1/p-1/b2*5-3+;4-3+;;;;/i;;5-1;;;1-1;. The third-order valence-corrected chi connectivity index (χ3v) is 1.68. The van der Waals surface area contributed by atoms with Crippen LogP contribution in [0.2, 0.25) is 0 Å². The Morgan fingerprint density at radius 2 is 1.00 bits per heavy atom. The van der Waals surface area contributed by atoms with E-state index in [1.807, 2.05) is 34.6 Å². The van der Waals surface area contributed by atoms with Gasteiger partial charge in [0, 0.05) is 12.8 Å². The number of halogens is 5. The SMILES string of the molecule is C#CCC.C#CCC.C/C=C/CC.C/C=C/CC.CC/C=C/[18F].I[I-]I.[18F-]. The minimum Gasteiger partial charge on any atom is -1.00 e. The maximum absolute atomic E-state index is 10.8. The Kier molecular flexibility index (Phi) is 140. The van der Waals surface area contributed by atoms with E-state index in [1.54, 1.807) is 0 Å². The van der Waals surface area contributed by atoms with Crippen LogP contribution in [0.25, 0.3) is 0 Å². The Balaban J connectivity index is -0.0000000356. The van der Waals surface area contributed by atoms with Crippen molar-refractivity contribution in [1.82, 2.24) is 0 Å². The van der Waals surface area contributed by atoms with E-state index < -0.39 is 0 Å². The summed E-state index contributed by atoms with van der Waals surface area (Å²) in [6.07, 6.45) is 24.7. The van der Waals surface area contributed by atoms with E-state index in [0.717, 1.165) is 32.1 Å². The Morgan fingerprint density at radius 3 is 1.00 bits per heavy atom. The van der Waals surface area contributed by atoms with Crippen molar-refractivity contribution in [1.29, 1.82) is 0 Å². The van der Waals surface area contributed by atoms with Crippen LogP contribution in [-0.2, 0) is 0 Å². The zero-order valence-corrected chi connectivity index (χ0v) is 24.5. The van der Waals surface area contributed by atoms with Crippen LogP contribution < -0.4 is 18.0 Å². The second-order valence-electron chi connectivity index (χ2n) is 3.89. The number of rotatable bonds is 3. The van der Waals surface area contributed by atoms with Gasteiger partial charge in [0.1, 0.15) is 0 Å². The van der Waals surface area contributed by atoms with Crippen molar-refractivity contribution in [3.8, 4) is 24.7 Å². The van der Waals surface area contributed by atoms with E-state index in [4.69, 9.17) is 12.8 Å². The number of allylic oxidation sites excluding steroid dienone is 5. The van der Waals surface area contributed by atoms with Gasteiger partial charge in [-0.15, -0.1) is 24.7 Å². The number of terminal acetylenes is 2. The van der Waals surface area contributed by atoms with Crippen LogP contribution in [-0.4, -0.2) is 0 Å². The molecule has 0 aliphatic carbocycles. The minimum atomic E-state index is 0. The second kappa shape index (κ2) is 82.2. The summed E-state index contributed by atoms with van der Waals surface area (Å²) in [5, 5.41) is 0. The average Bonchev–Trinajstić information content (AvgIpc) is 2.66. The fourth-order valence-electron chi connectivity index (χ4n) is 0.560. The van der Waals surface area contributed by atoms with Crippen LogP contribution in [0.3, 0.4) is 0 Å².